The monoisotopic (exact) mass is 274 g/mol. The van der Waals surface area contributed by atoms with Gasteiger partial charge in [0.05, 0.1) is 0 Å². The molecule has 0 saturated carbocycles. The molecular weight excluding hydrogens is 264 g/mol. The van der Waals surface area contributed by atoms with Crippen molar-refractivity contribution in [1.29, 1.82) is 0 Å². The highest BCUT2D eigenvalue weighted by Crippen LogP contribution is 2.27. The number of aromatic nitrogens is 1. The maximum absolute atomic E-state index is 10.7. The van der Waals surface area contributed by atoms with Gasteiger partial charge in [0, 0.05) is 24.4 Å². The van der Waals surface area contributed by atoms with Crippen LogP contribution < -0.4 is 4.90 Å². The number of rotatable bonds is 2. The van der Waals surface area contributed by atoms with E-state index in [1.165, 1.54) is 0 Å². The van der Waals surface area contributed by atoms with Crippen molar-refractivity contribution in [2.45, 2.75) is 12.8 Å². The Morgan fingerprint density at radius 3 is 3.21 bits per heavy atom. The summed E-state index contributed by atoms with van der Waals surface area (Å²) in [6, 6.07) is 0. The third-order valence-electron chi connectivity index (χ3n) is 2.38. The number of hydrogen-bond donors (Lipinski definition) is 0. The minimum absolute atomic E-state index is 0.187. The Labute approximate surface area is 95.3 Å². The van der Waals surface area contributed by atoms with Crippen LogP contribution in [0.3, 0.4) is 0 Å². The van der Waals surface area contributed by atoms with E-state index >= 15 is 0 Å². The minimum Gasteiger partial charge on any atom is -0.347 e. The van der Waals surface area contributed by atoms with Gasteiger partial charge in [0.15, 0.2) is 5.13 Å². The van der Waals surface area contributed by atoms with E-state index in [4.69, 9.17) is 0 Å². The quantitative estimate of drug-likeness (QED) is 0.777. The lowest BCUT2D eigenvalue weighted by molar-refractivity contribution is -0.111. The molecule has 1 unspecified atom stereocenters. The first-order chi connectivity index (χ1) is 6.79. The second kappa shape index (κ2) is 4.40. The van der Waals surface area contributed by atoms with Gasteiger partial charge in [-0.2, -0.15) is 0 Å². The van der Waals surface area contributed by atoms with Crippen LogP contribution in [0.2, 0.25) is 0 Å². The van der Waals surface area contributed by atoms with Crippen LogP contribution in [0.1, 0.15) is 12.8 Å². The van der Waals surface area contributed by atoms with Crippen molar-refractivity contribution >= 4 is 38.7 Å². The van der Waals surface area contributed by atoms with Crippen LogP contribution in [0.4, 0.5) is 5.13 Å². The fraction of sp³-hybridized carbons (Fsp3) is 0.556. The molecule has 0 spiro atoms. The van der Waals surface area contributed by atoms with Gasteiger partial charge in [-0.25, -0.2) is 4.98 Å². The fourth-order valence-corrected chi connectivity index (χ4v) is 2.97. The van der Waals surface area contributed by atoms with Crippen molar-refractivity contribution in [2.24, 2.45) is 5.92 Å². The number of piperidine rings is 1. The molecule has 0 amide bonds. The Kier molecular flexibility index (Phi) is 3.18. The number of hydrogen-bond acceptors (Lipinski definition) is 4. The maximum Gasteiger partial charge on any atom is 0.186 e. The minimum atomic E-state index is 0.187. The summed E-state index contributed by atoms with van der Waals surface area (Å²) < 4.78 is 0.880. The Balaban J connectivity index is 2.07. The second-order valence-corrected chi connectivity index (χ2v) is 5.09. The van der Waals surface area contributed by atoms with Crippen LogP contribution in [0.5, 0.6) is 0 Å². The number of aldehydes is 1. The van der Waals surface area contributed by atoms with Crippen molar-refractivity contribution in [3.8, 4) is 0 Å². The lowest BCUT2D eigenvalue weighted by atomic mass is 10.0. The van der Waals surface area contributed by atoms with Crippen LogP contribution in [-0.2, 0) is 4.79 Å². The third kappa shape index (κ3) is 2.15. The van der Waals surface area contributed by atoms with E-state index in [9.17, 15) is 4.79 Å². The topological polar surface area (TPSA) is 33.2 Å². The highest BCUT2D eigenvalue weighted by atomic mass is 79.9. The third-order valence-corrected chi connectivity index (χ3v) is 4.00. The van der Waals surface area contributed by atoms with Crippen molar-refractivity contribution in [3.05, 3.63) is 9.98 Å². The van der Waals surface area contributed by atoms with Crippen LogP contribution in [0, 0.1) is 5.92 Å². The molecule has 0 aliphatic carbocycles. The average molecular weight is 275 g/mol. The van der Waals surface area contributed by atoms with Crippen LogP contribution >= 0.6 is 27.3 Å². The number of thiazole rings is 1. The molecule has 1 atom stereocenters. The molecule has 5 heteroatoms. The van der Waals surface area contributed by atoms with Crippen molar-refractivity contribution in [2.75, 3.05) is 18.0 Å². The summed E-state index contributed by atoms with van der Waals surface area (Å²) >= 11 is 4.95. The van der Waals surface area contributed by atoms with Crippen molar-refractivity contribution < 1.29 is 4.79 Å². The molecule has 1 aromatic heterocycles. The summed E-state index contributed by atoms with van der Waals surface area (Å²) in [6.45, 7) is 1.84. The summed E-state index contributed by atoms with van der Waals surface area (Å²) in [7, 11) is 0. The Hall–Kier alpha value is -0.420. The lowest BCUT2D eigenvalue weighted by Gasteiger charge is -2.29. The molecule has 1 aliphatic heterocycles. The first kappa shape index (κ1) is 10.1. The Morgan fingerprint density at radius 1 is 1.71 bits per heavy atom. The van der Waals surface area contributed by atoms with Crippen LogP contribution in [0.25, 0.3) is 0 Å². The summed E-state index contributed by atoms with van der Waals surface area (Å²) in [6.07, 6.45) is 3.17. The normalized spacial score (nSPS) is 22.4. The van der Waals surface area contributed by atoms with E-state index in [2.05, 4.69) is 25.8 Å². The van der Waals surface area contributed by atoms with Gasteiger partial charge in [-0.3, -0.25) is 0 Å². The number of carbonyl (C=O) groups is 1. The van der Waals surface area contributed by atoms with Crippen molar-refractivity contribution in [1.82, 2.24) is 4.98 Å². The molecule has 1 saturated heterocycles. The number of nitrogens with zero attached hydrogens (tertiary/aromatic N) is 2. The van der Waals surface area contributed by atoms with E-state index in [-0.39, 0.29) is 5.92 Å². The van der Waals surface area contributed by atoms with Crippen LogP contribution in [-0.4, -0.2) is 24.4 Å². The summed E-state index contributed by atoms with van der Waals surface area (Å²) in [5, 5.41) is 2.99. The molecular formula is C9H11BrN2OS. The first-order valence-electron chi connectivity index (χ1n) is 4.61. The highest BCUT2D eigenvalue weighted by molar-refractivity contribution is 9.10. The van der Waals surface area contributed by atoms with Gasteiger partial charge in [0.2, 0.25) is 0 Å². The van der Waals surface area contributed by atoms with Gasteiger partial charge in [-0.15, -0.1) is 11.3 Å². The van der Waals surface area contributed by atoms with E-state index in [1.807, 2.05) is 5.38 Å². The second-order valence-electron chi connectivity index (χ2n) is 3.44. The largest absolute Gasteiger partial charge is 0.347 e. The zero-order valence-corrected chi connectivity index (χ0v) is 10.1. The van der Waals surface area contributed by atoms with Crippen LogP contribution in [0.15, 0.2) is 9.98 Å². The number of carbonyl (C=O) groups excluding carboxylic acids is 1. The molecule has 2 heterocycles. The number of anilines is 1. The average Bonchev–Trinajstić information content (AvgIpc) is 2.65. The van der Waals surface area contributed by atoms with E-state index < -0.39 is 0 Å². The van der Waals surface area contributed by atoms with E-state index in [0.29, 0.717) is 0 Å². The van der Waals surface area contributed by atoms with E-state index in [1.54, 1.807) is 11.3 Å². The standard InChI is InChI=1S/C9H11BrN2OS/c10-8-6-14-9(11-8)12-3-1-2-7(4-12)5-13/h5-7H,1-4H2. The first-order valence-corrected chi connectivity index (χ1v) is 6.28. The molecule has 0 radical (unpaired) electrons. The molecule has 14 heavy (non-hydrogen) atoms. The summed E-state index contributed by atoms with van der Waals surface area (Å²) in [5.74, 6) is 0.187. The smallest absolute Gasteiger partial charge is 0.186 e. The van der Waals surface area contributed by atoms with Gasteiger partial charge in [-0.1, -0.05) is 0 Å². The van der Waals surface area contributed by atoms with Gasteiger partial charge in [-0.05, 0) is 28.8 Å². The molecule has 1 aromatic rings. The Morgan fingerprint density at radius 2 is 2.57 bits per heavy atom. The summed E-state index contributed by atoms with van der Waals surface area (Å²) in [5.41, 5.74) is 0. The predicted molar refractivity (Wildman–Crippen MR) is 60.8 cm³/mol. The highest BCUT2D eigenvalue weighted by Gasteiger charge is 2.21. The zero-order valence-electron chi connectivity index (χ0n) is 7.65. The van der Waals surface area contributed by atoms with Gasteiger partial charge in [0.1, 0.15) is 10.9 Å². The molecule has 76 valence electrons. The lowest BCUT2D eigenvalue weighted by Crippen LogP contribution is -2.35. The molecule has 3 nitrogen and oxygen atoms in total. The molecule has 0 bridgehead atoms. The Bertz CT molecular complexity index is 328. The molecule has 1 aliphatic rings. The SMILES string of the molecule is O=CC1CCCN(c2nc(Br)cs2)C1. The van der Waals surface area contributed by atoms with E-state index in [0.717, 1.165) is 42.0 Å². The molecule has 0 N–H and O–H groups in total. The number of halogens is 1. The summed E-state index contributed by atoms with van der Waals surface area (Å²) in [4.78, 5) is 17.2. The molecule has 0 aromatic carbocycles. The van der Waals surface area contributed by atoms with Gasteiger partial charge < -0.3 is 9.69 Å². The predicted octanol–water partition coefficient (Wildman–Crippen LogP) is 2.32. The molecule has 1 fully saturated rings. The van der Waals surface area contributed by atoms with Crippen molar-refractivity contribution in [3.63, 3.8) is 0 Å². The maximum atomic E-state index is 10.7. The van der Waals surface area contributed by atoms with Gasteiger partial charge in [0.25, 0.3) is 0 Å². The van der Waals surface area contributed by atoms with Gasteiger partial charge >= 0.3 is 0 Å². The fourth-order valence-electron chi connectivity index (χ4n) is 1.69. The zero-order chi connectivity index (χ0) is 9.97. The molecule has 2 rings (SSSR count).